The predicted molar refractivity (Wildman–Crippen MR) is 85.4 cm³/mol. The van der Waals surface area contributed by atoms with Crippen LogP contribution in [-0.2, 0) is 10.2 Å². The van der Waals surface area contributed by atoms with Gasteiger partial charge in [0.15, 0.2) is 11.9 Å². The molecule has 1 N–H and O–H groups in total. The zero-order chi connectivity index (χ0) is 16.3. The van der Waals surface area contributed by atoms with Crippen LogP contribution < -0.4 is 10.1 Å². The number of rotatable bonds is 4. The van der Waals surface area contributed by atoms with Crippen LogP contribution in [0.5, 0.6) is 5.75 Å². The molecule has 0 spiro atoms. The number of hydrogen-bond acceptors (Lipinski definition) is 4. The Bertz CT molecular complexity index is 661. The molecule has 0 saturated carbocycles. The van der Waals surface area contributed by atoms with Gasteiger partial charge >= 0.3 is 0 Å². The number of carbonyl (C=O) groups excluding carboxylic acids is 1. The molecule has 1 heterocycles. The summed E-state index contributed by atoms with van der Waals surface area (Å²) < 4.78 is 10.8. The van der Waals surface area contributed by atoms with Gasteiger partial charge in [0, 0.05) is 16.5 Å². The van der Waals surface area contributed by atoms with Crippen molar-refractivity contribution in [2.75, 3.05) is 5.32 Å². The Kier molecular flexibility index (Phi) is 4.76. The second-order valence-corrected chi connectivity index (χ2v) is 6.47. The van der Waals surface area contributed by atoms with Gasteiger partial charge in [0.1, 0.15) is 11.5 Å². The molecule has 0 bridgehead atoms. The van der Waals surface area contributed by atoms with Gasteiger partial charge in [0.25, 0.3) is 5.91 Å². The van der Waals surface area contributed by atoms with Gasteiger partial charge in [-0.25, -0.2) is 0 Å². The normalized spacial score (nSPS) is 12.8. The van der Waals surface area contributed by atoms with Gasteiger partial charge in [-0.05, 0) is 25.1 Å². The highest BCUT2D eigenvalue weighted by atomic mass is 35.5. The molecule has 1 aromatic carbocycles. The molecule has 2 rings (SSSR count). The zero-order valence-corrected chi connectivity index (χ0v) is 13.8. The number of halogens is 1. The number of amides is 1. The molecule has 0 aliphatic heterocycles. The van der Waals surface area contributed by atoms with Crippen molar-refractivity contribution < 1.29 is 14.1 Å². The molecular weight excluding hydrogens is 304 g/mol. The fraction of sp³-hybridized carbons (Fsp3) is 0.375. The van der Waals surface area contributed by atoms with Crippen LogP contribution in [0.2, 0.25) is 5.02 Å². The Morgan fingerprint density at radius 2 is 2.09 bits per heavy atom. The monoisotopic (exact) mass is 322 g/mol. The number of aromatic nitrogens is 1. The first-order chi connectivity index (χ1) is 10.3. The van der Waals surface area contributed by atoms with Crippen molar-refractivity contribution in [2.24, 2.45) is 0 Å². The van der Waals surface area contributed by atoms with Gasteiger partial charge in [-0.15, -0.1) is 0 Å². The number of carbonyl (C=O) groups is 1. The molecule has 1 amide bonds. The Labute approximate surface area is 134 Å². The van der Waals surface area contributed by atoms with Crippen LogP contribution in [0.1, 0.15) is 33.5 Å². The summed E-state index contributed by atoms with van der Waals surface area (Å²) in [7, 11) is 0. The first-order valence-electron chi connectivity index (χ1n) is 6.96. The summed E-state index contributed by atoms with van der Waals surface area (Å²) in [4.78, 5) is 12.1. The first kappa shape index (κ1) is 16.4. The number of benzene rings is 1. The van der Waals surface area contributed by atoms with E-state index in [0.717, 1.165) is 0 Å². The van der Waals surface area contributed by atoms with Crippen molar-refractivity contribution in [3.8, 4) is 5.75 Å². The molecular formula is C16H19ClN2O3. The molecule has 118 valence electrons. The molecule has 2 aromatic rings. The van der Waals surface area contributed by atoms with Gasteiger partial charge in [-0.2, -0.15) is 0 Å². The van der Waals surface area contributed by atoms with Crippen LogP contribution in [0.4, 0.5) is 5.82 Å². The molecule has 0 saturated heterocycles. The number of nitrogens with zero attached hydrogens (tertiary/aromatic N) is 1. The van der Waals surface area contributed by atoms with Crippen LogP contribution in [0, 0.1) is 0 Å². The Morgan fingerprint density at radius 1 is 1.36 bits per heavy atom. The minimum atomic E-state index is -0.687. The average molecular weight is 323 g/mol. The SMILES string of the molecule is C[C@H](Oc1cccc(Cl)c1)C(=O)Nc1cc(C(C)(C)C)on1. The van der Waals surface area contributed by atoms with E-state index in [9.17, 15) is 4.79 Å². The van der Waals surface area contributed by atoms with E-state index in [1.807, 2.05) is 20.8 Å². The Morgan fingerprint density at radius 3 is 2.68 bits per heavy atom. The lowest BCUT2D eigenvalue weighted by Gasteiger charge is -2.14. The molecule has 0 aliphatic carbocycles. The maximum Gasteiger partial charge on any atom is 0.266 e. The van der Waals surface area contributed by atoms with Crippen molar-refractivity contribution in [2.45, 2.75) is 39.2 Å². The van der Waals surface area contributed by atoms with Crippen molar-refractivity contribution >= 4 is 23.3 Å². The van der Waals surface area contributed by atoms with Crippen LogP contribution in [-0.4, -0.2) is 17.2 Å². The van der Waals surface area contributed by atoms with E-state index in [-0.39, 0.29) is 11.3 Å². The summed E-state index contributed by atoms with van der Waals surface area (Å²) in [5.74, 6) is 1.29. The molecule has 0 aliphatic rings. The van der Waals surface area contributed by atoms with Crippen molar-refractivity contribution in [3.63, 3.8) is 0 Å². The second-order valence-electron chi connectivity index (χ2n) is 6.03. The van der Waals surface area contributed by atoms with E-state index in [1.54, 1.807) is 37.3 Å². The van der Waals surface area contributed by atoms with Crippen LogP contribution >= 0.6 is 11.6 Å². The van der Waals surface area contributed by atoms with Gasteiger partial charge in [0.05, 0.1) is 0 Å². The number of anilines is 1. The number of hydrogen-bond donors (Lipinski definition) is 1. The molecule has 0 radical (unpaired) electrons. The van der Waals surface area contributed by atoms with E-state index in [1.165, 1.54) is 0 Å². The number of ether oxygens (including phenoxy) is 1. The minimum Gasteiger partial charge on any atom is -0.481 e. The zero-order valence-electron chi connectivity index (χ0n) is 13.0. The highest BCUT2D eigenvalue weighted by Crippen LogP contribution is 2.24. The third-order valence-electron chi connectivity index (χ3n) is 2.98. The lowest BCUT2D eigenvalue weighted by molar-refractivity contribution is -0.122. The van der Waals surface area contributed by atoms with Gasteiger partial charge in [-0.1, -0.05) is 43.6 Å². The van der Waals surface area contributed by atoms with Gasteiger partial charge in [-0.3, -0.25) is 4.79 Å². The van der Waals surface area contributed by atoms with E-state index < -0.39 is 6.10 Å². The predicted octanol–water partition coefficient (Wildman–Crippen LogP) is 4.03. The Balaban J connectivity index is 1.98. The van der Waals surface area contributed by atoms with Gasteiger partial charge in [0.2, 0.25) is 0 Å². The summed E-state index contributed by atoms with van der Waals surface area (Å²) in [5, 5.41) is 7.06. The summed E-state index contributed by atoms with van der Waals surface area (Å²) in [6.07, 6.45) is -0.687. The van der Waals surface area contributed by atoms with Crippen molar-refractivity contribution in [1.29, 1.82) is 0 Å². The van der Waals surface area contributed by atoms with E-state index in [4.69, 9.17) is 20.9 Å². The summed E-state index contributed by atoms with van der Waals surface area (Å²) in [6, 6.07) is 8.60. The van der Waals surface area contributed by atoms with Crippen LogP contribution in [0.15, 0.2) is 34.9 Å². The summed E-state index contributed by atoms with van der Waals surface area (Å²) >= 11 is 5.88. The topological polar surface area (TPSA) is 64.4 Å². The smallest absolute Gasteiger partial charge is 0.266 e. The first-order valence-corrected chi connectivity index (χ1v) is 7.34. The van der Waals surface area contributed by atoms with E-state index in [0.29, 0.717) is 22.4 Å². The van der Waals surface area contributed by atoms with Crippen LogP contribution in [0.3, 0.4) is 0 Å². The third-order valence-corrected chi connectivity index (χ3v) is 3.21. The Hall–Kier alpha value is -2.01. The number of nitrogens with one attached hydrogen (secondary N) is 1. The quantitative estimate of drug-likeness (QED) is 0.923. The standard InChI is InChI=1S/C16H19ClN2O3/c1-10(21-12-7-5-6-11(17)8-12)15(20)18-14-9-13(22-19-14)16(2,3)4/h5-10H,1-4H3,(H,18,19,20)/t10-/m0/s1. The average Bonchev–Trinajstić information content (AvgIpc) is 2.87. The van der Waals surface area contributed by atoms with E-state index >= 15 is 0 Å². The largest absolute Gasteiger partial charge is 0.481 e. The van der Waals surface area contributed by atoms with Crippen molar-refractivity contribution in [1.82, 2.24) is 5.16 Å². The molecule has 6 heteroatoms. The van der Waals surface area contributed by atoms with Gasteiger partial charge < -0.3 is 14.6 Å². The maximum atomic E-state index is 12.1. The maximum absolute atomic E-state index is 12.1. The second kappa shape index (κ2) is 6.40. The highest BCUT2D eigenvalue weighted by molar-refractivity contribution is 6.30. The van der Waals surface area contributed by atoms with E-state index in [2.05, 4.69) is 10.5 Å². The fourth-order valence-corrected chi connectivity index (χ4v) is 1.89. The van der Waals surface area contributed by atoms with Crippen molar-refractivity contribution in [3.05, 3.63) is 41.1 Å². The highest BCUT2D eigenvalue weighted by Gasteiger charge is 2.22. The third kappa shape index (κ3) is 4.24. The molecule has 0 unspecified atom stereocenters. The molecule has 22 heavy (non-hydrogen) atoms. The molecule has 1 atom stereocenters. The molecule has 0 fully saturated rings. The lowest BCUT2D eigenvalue weighted by atomic mass is 9.93. The summed E-state index contributed by atoms with van der Waals surface area (Å²) in [5.41, 5.74) is -0.168. The lowest BCUT2D eigenvalue weighted by Crippen LogP contribution is -2.30. The minimum absolute atomic E-state index is 0.168. The molecule has 1 aromatic heterocycles. The fourth-order valence-electron chi connectivity index (χ4n) is 1.71. The summed E-state index contributed by atoms with van der Waals surface area (Å²) in [6.45, 7) is 7.67. The molecule has 5 nitrogen and oxygen atoms in total. The van der Waals surface area contributed by atoms with Crippen LogP contribution in [0.25, 0.3) is 0 Å².